The Morgan fingerprint density at radius 3 is 2.73 bits per heavy atom. The lowest BCUT2D eigenvalue weighted by atomic mass is 9.95. The molecule has 1 aliphatic rings. The number of nitrogens with one attached hydrogen (secondary N) is 1. The van der Waals surface area contributed by atoms with E-state index in [1.54, 1.807) is 0 Å². The lowest BCUT2D eigenvalue weighted by molar-refractivity contribution is -0.120. The zero-order valence-electron chi connectivity index (χ0n) is 8.50. The molecular weight excluding hydrogens is 254 g/mol. The van der Waals surface area contributed by atoms with E-state index < -0.39 is 0 Å². The predicted molar refractivity (Wildman–Crippen MR) is 63.7 cm³/mol. The van der Waals surface area contributed by atoms with Crippen molar-refractivity contribution in [3.8, 4) is 0 Å². The number of halogens is 1. The molecule has 15 heavy (non-hydrogen) atoms. The maximum atomic E-state index is 11.2. The largest absolute Gasteiger partial charge is 0.355 e. The first-order valence-electron chi connectivity index (χ1n) is 5.28. The van der Waals surface area contributed by atoms with E-state index in [2.05, 4.69) is 45.5 Å². The third kappa shape index (κ3) is 2.81. The van der Waals surface area contributed by atoms with Crippen LogP contribution in [0.1, 0.15) is 30.7 Å². The van der Waals surface area contributed by atoms with E-state index in [1.165, 1.54) is 5.56 Å². The summed E-state index contributed by atoms with van der Waals surface area (Å²) in [5.74, 6) is 0.666. The Morgan fingerprint density at radius 1 is 1.27 bits per heavy atom. The van der Waals surface area contributed by atoms with Crippen molar-refractivity contribution < 1.29 is 4.79 Å². The molecule has 0 aromatic heterocycles. The molecular formula is C12H14BrNO. The highest BCUT2D eigenvalue weighted by Crippen LogP contribution is 2.24. The standard InChI is InChI=1S/C12H14BrNO/c13-11-6-4-9(5-7-11)10-2-1-3-12(15)14-8-10/h4-7,10H,1-3,8H2,(H,14,15)/t10-/m0/s1. The van der Waals surface area contributed by atoms with Crippen LogP contribution >= 0.6 is 15.9 Å². The first-order valence-corrected chi connectivity index (χ1v) is 6.07. The van der Waals surface area contributed by atoms with Gasteiger partial charge < -0.3 is 5.32 Å². The van der Waals surface area contributed by atoms with Crippen molar-refractivity contribution >= 4 is 21.8 Å². The van der Waals surface area contributed by atoms with Gasteiger partial charge in [0.1, 0.15) is 0 Å². The summed E-state index contributed by atoms with van der Waals surface area (Å²) < 4.78 is 1.10. The summed E-state index contributed by atoms with van der Waals surface area (Å²) in [5, 5.41) is 2.96. The van der Waals surface area contributed by atoms with Crippen LogP contribution in [0, 0.1) is 0 Å². The number of amides is 1. The van der Waals surface area contributed by atoms with Gasteiger partial charge in [-0.25, -0.2) is 0 Å². The van der Waals surface area contributed by atoms with Crippen LogP contribution in [0.5, 0.6) is 0 Å². The summed E-state index contributed by atoms with van der Waals surface area (Å²) in [6.07, 6.45) is 2.76. The van der Waals surface area contributed by atoms with Crippen LogP contribution in [0.3, 0.4) is 0 Å². The molecule has 1 aliphatic heterocycles. The van der Waals surface area contributed by atoms with Crippen LogP contribution in [-0.4, -0.2) is 12.5 Å². The van der Waals surface area contributed by atoms with E-state index in [0.29, 0.717) is 12.3 Å². The molecule has 0 unspecified atom stereocenters. The molecule has 0 bridgehead atoms. The van der Waals surface area contributed by atoms with Gasteiger partial charge in [-0.1, -0.05) is 28.1 Å². The summed E-state index contributed by atoms with van der Waals surface area (Å²) in [4.78, 5) is 11.2. The van der Waals surface area contributed by atoms with Crippen LogP contribution in [0.2, 0.25) is 0 Å². The minimum Gasteiger partial charge on any atom is -0.355 e. The Kier molecular flexibility index (Phi) is 3.41. The minimum atomic E-state index is 0.189. The van der Waals surface area contributed by atoms with Crippen LogP contribution < -0.4 is 5.32 Å². The minimum absolute atomic E-state index is 0.189. The molecule has 2 rings (SSSR count). The van der Waals surface area contributed by atoms with E-state index >= 15 is 0 Å². The maximum Gasteiger partial charge on any atom is 0.220 e. The summed E-state index contributed by atoms with van der Waals surface area (Å²) in [6.45, 7) is 0.778. The predicted octanol–water partition coefficient (Wildman–Crippen LogP) is 2.83. The fourth-order valence-electron chi connectivity index (χ4n) is 1.96. The Morgan fingerprint density at radius 2 is 2.00 bits per heavy atom. The first-order chi connectivity index (χ1) is 7.25. The SMILES string of the molecule is O=C1CCC[C@H](c2ccc(Br)cc2)CN1. The van der Waals surface area contributed by atoms with Crippen molar-refractivity contribution in [2.45, 2.75) is 25.2 Å². The Hall–Kier alpha value is -0.830. The van der Waals surface area contributed by atoms with E-state index in [-0.39, 0.29) is 5.91 Å². The number of benzene rings is 1. The molecule has 1 fully saturated rings. The molecule has 0 spiro atoms. The van der Waals surface area contributed by atoms with Gasteiger partial charge in [-0.3, -0.25) is 4.79 Å². The van der Waals surface area contributed by atoms with Gasteiger partial charge in [0.2, 0.25) is 5.91 Å². The lowest BCUT2D eigenvalue weighted by Gasteiger charge is -2.14. The molecule has 1 N–H and O–H groups in total. The van der Waals surface area contributed by atoms with Gasteiger partial charge in [0, 0.05) is 23.4 Å². The topological polar surface area (TPSA) is 29.1 Å². The third-order valence-electron chi connectivity index (χ3n) is 2.84. The third-order valence-corrected chi connectivity index (χ3v) is 3.37. The van der Waals surface area contributed by atoms with E-state index in [4.69, 9.17) is 0 Å². The highest BCUT2D eigenvalue weighted by molar-refractivity contribution is 9.10. The molecule has 1 aromatic rings. The number of carbonyl (C=O) groups is 1. The lowest BCUT2D eigenvalue weighted by Crippen LogP contribution is -2.24. The number of hydrogen-bond donors (Lipinski definition) is 1. The highest BCUT2D eigenvalue weighted by atomic mass is 79.9. The molecule has 0 saturated carbocycles. The smallest absolute Gasteiger partial charge is 0.220 e. The van der Waals surface area contributed by atoms with Gasteiger partial charge in [-0.2, -0.15) is 0 Å². The zero-order chi connectivity index (χ0) is 10.7. The second-order valence-electron chi connectivity index (χ2n) is 3.94. The quantitative estimate of drug-likeness (QED) is 0.833. The molecule has 0 aliphatic carbocycles. The van der Waals surface area contributed by atoms with Crippen molar-refractivity contribution in [2.75, 3.05) is 6.54 Å². The Balaban J connectivity index is 2.09. The molecule has 1 amide bonds. The van der Waals surface area contributed by atoms with Gasteiger partial charge in [0.05, 0.1) is 0 Å². The van der Waals surface area contributed by atoms with E-state index in [1.807, 2.05) is 0 Å². The summed E-state index contributed by atoms with van der Waals surface area (Å²) >= 11 is 3.42. The van der Waals surface area contributed by atoms with Gasteiger partial charge >= 0.3 is 0 Å². The Bertz CT molecular complexity index is 347. The van der Waals surface area contributed by atoms with Crippen molar-refractivity contribution in [3.05, 3.63) is 34.3 Å². The Labute approximate surface area is 98.2 Å². The molecule has 0 radical (unpaired) electrons. The van der Waals surface area contributed by atoms with Gasteiger partial charge in [-0.15, -0.1) is 0 Å². The molecule has 1 aromatic carbocycles. The molecule has 1 heterocycles. The van der Waals surface area contributed by atoms with Crippen molar-refractivity contribution in [1.29, 1.82) is 0 Å². The van der Waals surface area contributed by atoms with Gasteiger partial charge in [0.25, 0.3) is 0 Å². The first kappa shape index (κ1) is 10.7. The molecule has 2 nitrogen and oxygen atoms in total. The van der Waals surface area contributed by atoms with Crippen molar-refractivity contribution in [1.82, 2.24) is 5.32 Å². The normalized spacial score (nSPS) is 21.9. The molecule has 1 atom stereocenters. The van der Waals surface area contributed by atoms with Crippen LogP contribution in [0.25, 0.3) is 0 Å². The average molecular weight is 268 g/mol. The fourth-order valence-corrected chi connectivity index (χ4v) is 2.22. The highest BCUT2D eigenvalue weighted by Gasteiger charge is 2.16. The number of rotatable bonds is 1. The second-order valence-corrected chi connectivity index (χ2v) is 4.86. The van der Waals surface area contributed by atoms with Gasteiger partial charge in [-0.05, 0) is 30.5 Å². The monoisotopic (exact) mass is 267 g/mol. The summed E-state index contributed by atoms with van der Waals surface area (Å²) in [7, 11) is 0. The molecule has 1 saturated heterocycles. The molecule has 3 heteroatoms. The van der Waals surface area contributed by atoms with E-state index in [0.717, 1.165) is 23.9 Å². The van der Waals surface area contributed by atoms with Crippen molar-refractivity contribution in [2.24, 2.45) is 0 Å². The van der Waals surface area contributed by atoms with E-state index in [9.17, 15) is 4.79 Å². The van der Waals surface area contributed by atoms with Gasteiger partial charge in [0.15, 0.2) is 0 Å². The van der Waals surface area contributed by atoms with Crippen LogP contribution in [0.15, 0.2) is 28.7 Å². The second kappa shape index (κ2) is 4.79. The van der Waals surface area contributed by atoms with Crippen LogP contribution in [-0.2, 0) is 4.79 Å². The average Bonchev–Trinajstić information content (AvgIpc) is 2.44. The maximum absolute atomic E-state index is 11.2. The summed E-state index contributed by atoms with van der Waals surface area (Å²) in [5.41, 5.74) is 1.32. The molecule has 80 valence electrons. The number of hydrogen-bond acceptors (Lipinski definition) is 1. The van der Waals surface area contributed by atoms with Crippen LogP contribution in [0.4, 0.5) is 0 Å². The van der Waals surface area contributed by atoms with Crippen molar-refractivity contribution in [3.63, 3.8) is 0 Å². The summed E-state index contributed by atoms with van der Waals surface area (Å²) in [6, 6.07) is 8.38. The number of carbonyl (C=O) groups excluding carboxylic acids is 1. The fraction of sp³-hybridized carbons (Fsp3) is 0.417. The zero-order valence-corrected chi connectivity index (χ0v) is 10.1.